The topological polar surface area (TPSA) is 56.7 Å². The summed E-state index contributed by atoms with van der Waals surface area (Å²) in [6.45, 7) is 9.12. The monoisotopic (exact) mass is 815 g/mol. The second-order valence-corrected chi connectivity index (χ2v) is 15.1. The average molecular weight is 816 g/mol. The van der Waals surface area contributed by atoms with E-state index in [0.29, 0.717) is 23.3 Å². The van der Waals surface area contributed by atoms with Crippen LogP contribution in [0.4, 0.5) is 0 Å². The van der Waals surface area contributed by atoms with Gasteiger partial charge in [-0.2, -0.15) is 0 Å². The summed E-state index contributed by atoms with van der Waals surface area (Å²) in [6, 6.07) is 49.6. The third kappa shape index (κ3) is 5.08. The molecule has 272 valence electrons. The smallest absolute Gasteiger partial charge is 0.497 e. The maximum atomic E-state index is 6.61. The van der Waals surface area contributed by atoms with Crippen LogP contribution in [0.25, 0.3) is 88.0 Å². The van der Waals surface area contributed by atoms with Gasteiger partial charge in [0.25, 0.3) is 0 Å². The molecule has 5 heterocycles. The molecule has 0 aliphatic heterocycles. The van der Waals surface area contributed by atoms with Gasteiger partial charge in [0.2, 0.25) is 0 Å². The molecular formula is C49H35N5OPd. The fourth-order valence-electron chi connectivity index (χ4n) is 8.61. The van der Waals surface area contributed by atoms with E-state index in [1.54, 1.807) is 0 Å². The second kappa shape index (κ2) is 13.0. The first kappa shape index (κ1) is 34.4. The second-order valence-electron chi connectivity index (χ2n) is 15.1. The molecule has 6 nitrogen and oxygen atoms in total. The minimum absolute atomic E-state index is 0. The van der Waals surface area contributed by atoms with Gasteiger partial charge in [-0.3, -0.25) is 15.0 Å². The van der Waals surface area contributed by atoms with Crippen LogP contribution in [0, 0.1) is 12.1 Å². The van der Waals surface area contributed by atoms with Gasteiger partial charge in [-0.25, -0.2) is 0 Å². The average Bonchev–Trinajstić information content (AvgIpc) is 3.81. The Morgan fingerprint density at radius 3 is 1.73 bits per heavy atom. The van der Waals surface area contributed by atoms with E-state index in [2.05, 4.69) is 127 Å². The molecule has 0 bridgehead atoms. The molecule has 0 N–H and O–H groups in total. The number of imidazole rings is 2. The first-order valence-electron chi connectivity index (χ1n) is 18.9. The Labute approximate surface area is 337 Å². The van der Waals surface area contributed by atoms with Crippen molar-refractivity contribution in [2.24, 2.45) is 0 Å². The number of ether oxygens (including phenoxy) is 1. The van der Waals surface area contributed by atoms with Crippen molar-refractivity contribution in [2.75, 3.05) is 0 Å². The summed E-state index contributed by atoms with van der Waals surface area (Å²) < 4.78 is 11.1. The van der Waals surface area contributed by atoms with Crippen LogP contribution in [0.1, 0.15) is 50.7 Å². The molecule has 0 amide bonds. The number of pyridine rings is 3. The number of aromatic nitrogens is 5. The zero-order chi connectivity index (χ0) is 36.9. The number of hydrogen-bond acceptors (Lipinski definition) is 4. The SMILES string of the molecule is CC(C)c1cccc(C(C)C)c1-c1ccc2c3ccc(Oc4[c-]c5c(cc4)c4ncccc4n4c6ccccc6nc54)[c-]c3c3nc4ccccc4n3c2c1.[Pd+2]. The van der Waals surface area contributed by atoms with Crippen molar-refractivity contribution in [3.05, 3.63) is 151 Å². The van der Waals surface area contributed by atoms with E-state index in [4.69, 9.17) is 19.7 Å². The van der Waals surface area contributed by atoms with E-state index in [9.17, 15) is 0 Å². The van der Waals surface area contributed by atoms with E-state index in [1.807, 2.05) is 48.7 Å². The predicted octanol–water partition coefficient (Wildman–Crippen LogP) is 12.6. The van der Waals surface area contributed by atoms with Gasteiger partial charge in [0, 0.05) is 23.2 Å². The molecule has 0 spiro atoms. The molecule has 0 fully saturated rings. The summed E-state index contributed by atoms with van der Waals surface area (Å²) in [5.74, 6) is 1.95. The predicted molar refractivity (Wildman–Crippen MR) is 225 cm³/mol. The zero-order valence-corrected chi connectivity index (χ0v) is 32.8. The van der Waals surface area contributed by atoms with Crippen LogP contribution in [0.15, 0.2) is 128 Å². The Kier molecular flexibility index (Phi) is 7.97. The molecule has 11 rings (SSSR count). The number of para-hydroxylation sites is 4. The van der Waals surface area contributed by atoms with Gasteiger partial charge in [0.05, 0.1) is 44.4 Å². The summed E-state index contributed by atoms with van der Waals surface area (Å²) in [5.41, 5.74) is 13.9. The van der Waals surface area contributed by atoms with E-state index >= 15 is 0 Å². The fourth-order valence-corrected chi connectivity index (χ4v) is 8.61. The summed E-state index contributed by atoms with van der Waals surface area (Å²) in [5, 5.41) is 4.93. The Morgan fingerprint density at radius 1 is 0.536 bits per heavy atom. The van der Waals surface area contributed by atoms with E-state index in [-0.39, 0.29) is 20.4 Å². The maximum absolute atomic E-state index is 6.61. The zero-order valence-electron chi connectivity index (χ0n) is 31.2. The first-order valence-corrected chi connectivity index (χ1v) is 18.9. The van der Waals surface area contributed by atoms with Crippen molar-refractivity contribution in [2.45, 2.75) is 39.5 Å². The van der Waals surface area contributed by atoms with Crippen LogP contribution in [0.5, 0.6) is 11.5 Å². The molecule has 0 radical (unpaired) electrons. The number of rotatable bonds is 5. The van der Waals surface area contributed by atoms with Crippen LogP contribution < -0.4 is 4.74 Å². The van der Waals surface area contributed by atoms with E-state index in [0.717, 1.165) is 76.8 Å². The Hall–Kier alpha value is -6.13. The van der Waals surface area contributed by atoms with Crippen molar-refractivity contribution in [3.8, 4) is 22.6 Å². The van der Waals surface area contributed by atoms with Crippen LogP contribution in [0.2, 0.25) is 0 Å². The standard InChI is InChI=1S/C49H35N5O.Pd/c1-28(2)33-11-9-12-34(29(3)4)46(33)30-18-21-36-35-22-19-31(26-38(35)48-51-41-14-6-8-16-43(41)54(48)45(36)25-30)55-32-20-23-37-39(27-32)49-52-40-13-5-7-15-42(40)53(49)44-17-10-24-50-47(37)44;/h5-25,28-29H,1-4H3;/q-2;+2. The molecule has 56 heavy (non-hydrogen) atoms. The number of nitrogens with zero attached hydrogens (tertiary/aromatic N) is 5. The molecule has 0 aliphatic carbocycles. The van der Waals surface area contributed by atoms with E-state index < -0.39 is 0 Å². The molecule has 0 saturated carbocycles. The van der Waals surface area contributed by atoms with Gasteiger partial charge in [-0.1, -0.05) is 128 Å². The van der Waals surface area contributed by atoms with Crippen LogP contribution in [-0.4, -0.2) is 23.8 Å². The largest absolute Gasteiger partial charge is 2.00 e. The Bertz CT molecular complexity index is 3350. The molecular weight excluding hydrogens is 781 g/mol. The minimum Gasteiger partial charge on any atom is -0.497 e. The molecule has 0 atom stereocenters. The Morgan fingerprint density at radius 2 is 1.09 bits per heavy atom. The van der Waals surface area contributed by atoms with Crippen LogP contribution >= 0.6 is 0 Å². The van der Waals surface area contributed by atoms with Gasteiger partial charge in [-0.05, 0) is 81.9 Å². The van der Waals surface area contributed by atoms with Crippen LogP contribution in [-0.2, 0) is 20.4 Å². The van der Waals surface area contributed by atoms with E-state index in [1.165, 1.54) is 22.3 Å². The van der Waals surface area contributed by atoms with Crippen molar-refractivity contribution in [1.29, 1.82) is 0 Å². The third-order valence-electron chi connectivity index (χ3n) is 11.1. The number of fused-ring (bicyclic) bond motifs is 16. The summed E-state index contributed by atoms with van der Waals surface area (Å²) in [7, 11) is 0. The maximum Gasteiger partial charge on any atom is 2.00 e. The molecule has 0 unspecified atom stereocenters. The molecule has 6 aromatic carbocycles. The molecule has 11 aromatic rings. The van der Waals surface area contributed by atoms with Gasteiger partial charge >= 0.3 is 20.4 Å². The first-order chi connectivity index (χ1) is 26.9. The van der Waals surface area contributed by atoms with Gasteiger partial charge in [0.1, 0.15) is 0 Å². The molecule has 0 saturated heterocycles. The normalized spacial score (nSPS) is 12.1. The van der Waals surface area contributed by atoms with Crippen LogP contribution in [0.3, 0.4) is 0 Å². The number of benzene rings is 6. The molecule has 0 aliphatic rings. The van der Waals surface area contributed by atoms with Crippen molar-refractivity contribution < 1.29 is 25.2 Å². The third-order valence-corrected chi connectivity index (χ3v) is 11.1. The summed E-state index contributed by atoms with van der Waals surface area (Å²) in [6.07, 6.45) is 1.83. The minimum atomic E-state index is 0. The van der Waals surface area contributed by atoms with Gasteiger partial charge in [-0.15, -0.1) is 12.1 Å². The van der Waals surface area contributed by atoms with Crippen molar-refractivity contribution in [1.82, 2.24) is 23.8 Å². The van der Waals surface area contributed by atoms with Crippen molar-refractivity contribution in [3.63, 3.8) is 0 Å². The molecule has 7 heteroatoms. The fraction of sp³-hybridized carbons (Fsp3) is 0.122. The Balaban J connectivity index is 0.00000384. The molecule has 5 aromatic heterocycles. The van der Waals surface area contributed by atoms with Gasteiger partial charge < -0.3 is 13.5 Å². The summed E-state index contributed by atoms with van der Waals surface area (Å²) >= 11 is 0. The summed E-state index contributed by atoms with van der Waals surface area (Å²) in [4.78, 5) is 15.0. The van der Waals surface area contributed by atoms with Crippen molar-refractivity contribution >= 4 is 76.8 Å². The van der Waals surface area contributed by atoms with Gasteiger partial charge in [0.15, 0.2) is 0 Å². The quantitative estimate of drug-likeness (QED) is 0.0986. The number of hydrogen-bond donors (Lipinski definition) is 0.